The Bertz CT molecular complexity index is 1180. The zero-order chi connectivity index (χ0) is 18.9. The van der Waals surface area contributed by atoms with Crippen LogP contribution in [0.4, 0.5) is 0 Å². The average molecular weight is 368 g/mol. The molecule has 5 rings (SSSR count). The Labute approximate surface area is 161 Å². The minimum atomic E-state index is -0.114. The number of pyridine rings is 1. The highest BCUT2D eigenvalue weighted by molar-refractivity contribution is 5.78. The molecule has 0 amide bonds. The lowest BCUT2D eigenvalue weighted by atomic mass is 10.1. The molecule has 0 aliphatic carbocycles. The van der Waals surface area contributed by atoms with Crippen LogP contribution in [0.5, 0.6) is 11.8 Å². The first-order valence-corrected chi connectivity index (χ1v) is 9.01. The number of ether oxygens (including phenoxy) is 2. The number of imidazole rings is 1. The second kappa shape index (κ2) is 6.71. The van der Waals surface area contributed by atoms with Crippen LogP contribution in [0.2, 0.25) is 0 Å². The van der Waals surface area contributed by atoms with Crippen molar-refractivity contribution in [3.63, 3.8) is 0 Å². The Balaban J connectivity index is 1.24. The standard InChI is InChI=1S/C22H16N4O2/c23-11-15-6-9-21-20(10-15)25-22-26(21)13-18(28-22)14-27-17-7-8-19(24-12-17)16-4-2-1-3-5-16/h1-10,12,18H,13-14H2/t18-/m0/s1. The maximum absolute atomic E-state index is 9.01. The topological polar surface area (TPSA) is 73.0 Å². The van der Waals surface area contributed by atoms with Gasteiger partial charge < -0.3 is 9.47 Å². The van der Waals surface area contributed by atoms with Gasteiger partial charge in [0.15, 0.2) is 6.10 Å². The predicted octanol–water partition coefficient (Wildman–Crippen LogP) is 3.81. The summed E-state index contributed by atoms with van der Waals surface area (Å²) in [5, 5.41) is 9.01. The van der Waals surface area contributed by atoms with Crippen molar-refractivity contribution in [2.45, 2.75) is 12.6 Å². The number of nitriles is 1. The lowest BCUT2D eigenvalue weighted by Gasteiger charge is -2.11. The Hall–Kier alpha value is -3.85. The summed E-state index contributed by atoms with van der Waals surface area (Å²) in [6.07, 6.45) is 1.62. The number of benzene rings is 2. The zero-order valence-electron chi connectivity index (χ0n) is 14.9. The molecule has 2 aromatic heterocycles. The maximum Gasteiger partial charge on any atom is 0.297 e. The monoisotopic (exact) mass is 368 g/mol. The van der Waals surface area contributed by atoms with E-state index >= 15 is 0 Å². The predicted molar refractivity (Wildman–Crippen MR) is 104 cm³/mol. The minimum absolute atomic E-state index is 0.114. The Morgan fingerprint density at radius 3 is 2.82 bits per heavy atom. The quantitative estimate of drug-likeness (QED) is 0.548. The molecular weight excluding hydrogens is 352 g/mol. The normalized spacial score (nSPS) is 15.0. The maximum atomic E-state index is 9.01. The van der Waals surface area contributed by atoms with E-state index in [2.05, 4.69) is 16.0 Å². The molecule has 136 valence electrons. The molecule has 0 spiro atoms. The fraction of sp³-hybridized carbons (Fsp3) is 0.136. The first-order chi connectivity index (χ1) is 13.8. The highest BCUT2D eigenvalue weighted by Crippen LogP contribution is 2.28. The summed E-state index contributed by atoms with van der Waals surface area (Å²) in [4.78, 5) is 8.95. The van der Waals surface area contributed by atoms with Crippen molar-refractivity contribution < 1.29 is 9.47 Å². The van der Waals surface area contributed by atoms with E-state index in [1.165, 1.54) is 0 Å². The zero-order valence-corrected chi connectivity index (χ0v) is 14.9. The van der Waals surface area contributed by atoms with E-state index in [9.17, 15) is 0 Å². The molecule has 3 heterocycles. The van der Waals surface area contributed by atoms with Gasteiger partial charge in [-0.15, -0.1) is 0 Å². The molecule has 1 aliphatic rings. The van der Waals surface area contributed by atoms with Gasteiger partial charge >= 0.3 is 0 Å². The van der Waals surface area contributed by atoms with Crippen LogP contribution in [0.3, 0.4) is 0 Å². The molecule has 0 radical (unpaired) electrons. The Morgan fingerprint density at radius 2 is 2.04 bits per heavy atom. The first kappa shape index (κ1) is 16.3. The summed E-state index contributed by atoms with van der Waals surface area (Å²) < 4.78 is 13.8. The molecule has 1 atom stereocenters. The number of nitrogens with zero attached hydrogens (tertiary/aromatic N) is 4. The van der Waals surface area contributed by atoms with E-state index in [4.69, 9.17) is 14.7 Å². The van der Waals surface area contributed by atoms with Crippen molar-refractivity contribution in [2.75, 3.05) is 6.61 Å². The van der Waals surface area contributed by atoms with Gasteiger partial charge in [-0.1, -0.05) is 30.3 Å². The van der Waals surface area contributed by atoms with Gasteiger partial charge in [-0.3, -0.25) is 9.55 Å². The summed E-state index contributed by atoms with van der Waals surface area (Å²) >= 11 is 0. The molecule has 6 heteroatoms. The molecule has 4 aromatic rings. The third kappa shape index (κ3) is 2.93. The highest BCUT2D eigenvalue weighted by Gasteiger charge is 2.27. The van der Waals surface area contributed by atoms with Crippen LogP contribution < -0.4 is 9.47 Å². The Morgan fingerprint density at radius 1 is 1.14 bits per heavy atom. The van der Waals surface area contributed by atoms with E-state index < -0.39 is 0 Å². The third-order valence-electron chi connectivity index (χ3n) is 4.74. The minimum Gasteiger partial charge on any atom is -0.488 e. The van der Waals surface area contributed by atoms with E-state index in [0.29, 0.717) is 30.5 Å². The molecule has 0 fully saturated rings. The summed E-state index contributed by atoms with van der Waals surface area (Å²) in [7, 11) is 0. The first-order valence-electron chi connectivity index (χ1n) is 9.01. The van der Waals surface area contributed by atoms with Crippen molar-refractivity contribution in [3.05, 3.63) is 72.4 Å². The Kier molecular flexibility index (Phi) is 3.91. The van der Waals surface area contributed by atoms with Crippen LogP contribution in [-0.2, 0) is 6.54 Å². The van der Waals surface area contributed by atoms with Gasteiger partial charge in [-0.05, 0) is 30.3 Å². The summed E-state index contributed by atoms with van der Waals surface area (Å²) in [6, 6.07) is 22.1. The van der Waals surface area contributed by atoms with Gasteiger partial charge in [0.25, 0.3) is 6.01 Å². The largest absolute Gasteiger partial charge is 0.488 e. The lowest BCUT2D eigenvalue weighted by Crippen LogP contribution is -2.23. The van der Waals surface area contributed by atoms with Crippen LogP contribution in [0, 0.1) is 11.3 Å². The number of aromatic nitrogens is 3. The van der Waals surface area contributed by atoms with Crippen molar-refractivity contribution in [1.82, 2.24) is 14.5 Å². The van der Waals surface area contributed by atoms with Gasteiger partial charge in [0.05, 0.1) is 41.1 Å². The molecule has 6 nitrogen and oxygen atoms in total. The second-order valence-corrected chi connectivity index (χ2v) is 6.62. The van der Waals surface area contributed by atoms with Crippen molar-refractivity contribution in [3.8, 4) is 29.1 Å². The number of hydrogen-bond donors (Lipinski definition) is 0. The van der Waals surface area contributed by atoms with Gasteiger partial charge in [-0.25, -0.2) is 0 Å². The number of rotatable bonds is 4. The van der Waals surface area contributed by atoms with E-state index in [1.807, 2.05) is 53.1 Å². The molecule has 2 aromatic carbocycles. The molecule has 0 unspecified atom stereocenters. The van der Waals surface area contributed by atoms with E-state index in [1.54, 1.807) is 18.3 Å². The second-order valence-electron chi connectivity index (χ2n) is 6.62. The van der Waals surface area contributed by atoms with Gasteiger partial charge in [0.1, 0.15) is 12.4 Å². The number of fused-ring (bicyclic) bond motifs is 3. The molecule has 0 saturated heterocycles. The summed E-state index contributed by atoms with van der Waals surface area (Å²) in [6.45, 7) is 1.07. The van der Waals surface area contributed by atoms with Gasteiger partial charge in [-0.2, -0.15) is 10.2 Å². The number of hydrogen-bond acceptors (Lipinski definition) is 5. The van der Waals surface area contributed by atoms with Crippen LogP contribution in [0.15, 0.2) is 66.9 Å². The van der Waals surface area contributed by atoms with Gasteiger partial charge in [0.2, 0.25) is 0 Å². The molecule has 0 bridgehead atoms. The molecule has 0 N–H and O–H groups in total. The van der Waals surface area contributed by atoms with Crippen LogP contribution in [0.25, 0.3) is 22.3 Å². The average Bonchev–Trinajstić information content (AvgIpc) is 3.30. The van der Waals surface area contributed by atoms with Crippen LogP contribution in [-0.4, -0.2) is 27.2 Å². The van der Waals surface area contributed by atoms with Crippen LogP contribution in [0.1, 0.15) is 5.56 Å². The van der Waals surface area contributed by atoms with Crippen molar-refractivity contribution >= 4 is 11.0 Å². The molecular formula is C22H16N4O2. The third-order valence-corrected chi connectivity index (χ3v) is 4.74. The smallest absolute Gasteiger partial charge is 0.297 e. The van der Waals surface area contributed by atoms with Gasteiger partial charge in [0, 0.05) is 5.56 Å². The van der Waals surface area contributed by atoms with Crippen molar-refractivity contribution in [1.29, 1.82) is 5.26 Å². The lowest BCUT2D eigenvalue weighted by molar-refractivity contribution is 0.143. The van der Waals surface area contributed by atoms with Crippen molar-refractivity contribution in [2.24, 2.45) is 0 Å². The fourth-order valence-electron chi connectivity index (χ4n) is 3.35. The summed E-state index contributed by atoms with van der Waals surface area (Å²) in [5.74, 6) is 0.705. The van der Waals surface area contributed by atoms with E-state index in [0.717, 1.165) is 22.3 Å². The highest BCUT2D eigenvalue weighted by atomic mass is 16.6. The fourth-order valence-corrected chi connectivity index (χ4v) is 3.35. The molecule has 28 heavy (non-hydrogen) atoms. The molecule has 1 aliphatic heterocycles. The van der Waals surface area contributed by atoms with E-state index in [-0.39, 0.29) is 6.10 Å². The molecule has 0 saturated carbocycles. The van der Waals surface area contributed by atoms with Crippen LogP contribution >= 0.6 is 0 Å². The summed E-state index contributed by atoms with van der Waals surface area (Å²) in [5.41, 5.74) is 4.31. The SMILES string of the molecule is N#Cc1ccc2c(c1)nc1n2C[C@@H](COc2ccc(-c3ccccc3)nc2)O1.